The molecule has 0 N–H and O–H groups in total. The molecule has 0 saturated heterocycles. The van der Waals surface area contributed by atoms with E-state index in [1.54, 1.807) is 0 Å². The van der Waals surface area contributed by atoms with Gasteiger partial charge in [0.1, 0.15) is 0 Å². The van der Waals surface area contributed by atoms with Gasteiger partial charge < -0.3 is 0 Å². The van der Waals surface area contributed by atoms with Gasteiger partial charge in [0, 0.05) is 12.5 Å². The van der Waals surface area contributed by atoms with Gasteiger partial charge in [-0.05, 0) is 28.7 Å². The molecule has 0 fully saturated rings. The zero-order chi connectivity index (χ0) is 8.65. The molecular weight excluding hydrogens is 251 g/mol. The second kappa shape index (κ2) is 2.77. The summed E-state index contributed by atoms with van der Waals surface area (Å²) in [6.07, 6.45) is 0. The van der Waals surface area contributed by atoms with Crippen molar-refractivity contribution in [1.29, 1.82) is 0 Å². The van der Waals surface area contributed by atoms with Crippen molar-refractivity contribution in [2.24, 2.45) is 7.05 Å². The maximum atomic E-state index is 4.39. The van der Waals surface area contributed by atoms with Crippen molar-refractivity contribution in [3.63, 3.8) is 0 Å². The normalized spacial score (nSPS) is 12.1. The molecule has 0 aromatic carbocycles. The molecule has 0 radical (unpaired) electrons. The Morgan fingerprint density at radius 3 is 2.18 bits per heavy atom. The van der Waals surface area contributed by atoms with Gasteiger partial charge in [-0.1, -0.05) is 20.8 Å². The van der Waals surface area contributed by atoms with Crippen LogP contribution in [0.25, 0.3) is 0 Å². The Balaban J connectivity index is 3.08. The van der Waals surface area contributed by atoms with Crippen molar-refractivity contribution in [1.82, 2.24) is 9.78 Å². The Bertz CT molecular complexity index is 238. The molecule has 0 unspecified atom stereocenters. The van der Waals surface area contributed by atoms with Gasteiger partial charge in [-0.2, -0.15) is 5.10 Å². The SMILES string of the molecule is Cn1nc(C(C)(C)C)cc1I. The van der Waals surface area contributed by atoms with Crippen LogP contribution in [-0.4, -0.2) is 9.78 Å². The van der Waals surface area contributed by atoms with Crippen LogP contribution in [0, 0.1) is 3.70 Å². The summed E-state index contributed by atoms with van der Waals surface area (Å²) in [7, 11) is 1.97. The van der Waals surface area contributed by atoms with Gasteiger partial charge in [0.2, 0.25) is 0 Å². The van der Waals surface area contributed by atoms with Crippen LogP contribution in [0.1, 0.15) is 26.5 Å². The topological polar surface area (TPSA) is 17.8 Å². The molecule has 1 aromatic heterocycles. The van der Waals surface area contributed by atoms with Crippen LogP contribution in [0.4, 0.5) is 0 Å². The molecule has 3 heteroatoms. The van der Waals surface area contributed by atoms with E-state index in [0.29, 0.717) is 0 Å². The molecular formula is C8H13IN2. The van der Waals surface area contributed by atoms with E-state index in [1.165, 1.54) is 3.70 Å². The summed E-state index contributed by atoms with van der Waals surface area (Å²) in [5, 5.41) is 4.39. The summed E-state index contributed by atoms with van der Waals surface area (Å²) in [6, 6.07) is 2.13. The van der Waals surface area contributed by atoms with Gasteiger partial charge in [0.25, 0.3) is 0 Å². The highest BCUT2D eigenvalue weighted by atomic mass is 127. The van der Waals surface area contributed by atoms with Crippen molar-refractivity contribution < 1.29 is 0 Å². The third-order valence-electron chi connectivity index (χ3n) is 1.59. The van der Waals surface area contributed by atoms with Crippen molar-refractivity contribution in [3.05, 3.63) is 15.5 Å². The highest BCUT2D eigenvalue weighted by Crippen LogP contribution is 2.21. The fourth-order valence-electron chi connectivity index (χ4n) is 0.811. The number of hydrogen-bond donors (Lipinski definition) is 0. The molecule has 0 saturated carbocycles. The number of halogens is 1. The van der Waals surface area contributed by atoms with Crippen LogP contribution in [0.5, 0.6) is 0 Å². The summed E-state index contributed by atoms with van der Waals surface area (Å²) in [4.78, 5) is 0. The summed E-state index contributed by atoms with van der Waals surface area (Å²) in [5.41, 5.74) is 1.32. The van der Waals surface area contributed by atoms with E-state index in [1.807, 2.05) is 11.7 Å². The largest absolute Gasteiger partial charge is 0.262 e. The average Bonchev–Trinajstić information content (AvgIpc) is 2.11. The average molecular weight is 264 g/mol. The molecule has 0 aliphatic rings. The van der Waals surface area contributed by atoms with Crippen LogP contribution >= 0.6 is 22.6 Å². The number of aromatic nitrogens is 2. The lowest BCUT2D eigenvalue weighted by molar-refractivity contribution is 0.552. The molecule has 0 atom stereocenters. The minimum atomic E-state index is 0.168. The van der Waals surface area contributed by atoms with E-state index in [4.69, 9.17) is 0 Å². The highest BCUT2D eigenvalue weighted by molar-refractivity contribution is 14.1. The lowest BCUT2D eigenvalue weighted by atomic mass is 9.93. The monoisotopic (exact) mass is 264 g/mol. The van der Waals surface area contributed by atoms with E-state index in [9.17, 15) is 0 Å². The standard InChI is InChI=1S/C8H13IN2/c1-8(2,3)6-5-7(9)11(4)10-6/h5H,1-4H3. The Labute approximate surface area is 81.1 Å². The van der Waals surface area contributed by atoms with Gasteiger partial charge in [-0.25, -0.2) is 0 Å². The molecule has 1 rings (SSSR count). The van der Waals surface area contributed by atoms with Crippen LogP contribution in [-0.2, 0) is 12.5 Å². The van der Waals surface area contributed by atoms with Gasteiger partial charge in [0.05, 0.1) is 9.39 Å². The molecule has 0 amide bonds. The van der Waals surface area contributed by atoms with E-state index < -0.39 is 0 Å². The second-order valence-electron chi connectivity index (χ2n) is 3.73. The predicted octanol–water partition coefficient (Wildman–Crippen LogP) is 2.32. The molecule has 0 aliphatic heterocycles. The predicted molar refractivity (Wildman–Crippen MR) is 54.6 cm³/mol. The van der Waals surface area contributed by atoms with E-state index in [0.717, 1.165) is 5.69 Å². The zero-order valence-corrected chi connectivity index (χ0v) is 9.51. The third kappa shape index (κ3) is 1.95. The molecule has 1 heterocycles. The summed E-state index contributed by atoms with van der Waals surface area (Å²) in [6.45, 7) is 6.52. The highest BCUT2D eigenvalue weighted by Gasteiger charge is 2.17. The van der Waals surface area contributed by atoms with Crippen molar-refractivity contribution >= 4 is 22.6 Å². The quantitative estimate of drug-likeness (QED) is 0.657. The summed E-state index contributed by atoms with van der Waals surface area (Å²) in [5.74, 6) is 0. The van der Waals surface area contributed by atoms with Crippen LogP contribution in [0.3, 0.4) is 0 Å². The summed E-state index contributed by atoms with van der Waals surface area (Å²) < 4.78 is 3.09. The fraction of sp³-hybridized carbons (Fsp3) is 0.625. The maximum Gasteiger partial charge on any atom is 0.0989 e. The first-order valence-electron chi connectivity index (χ1n) is 3.61. The Morgan fingerprint density at radius 1 is 1.45 bits per heavy atom. The number of rotatable bonds is 0. The number of nitrogens with zero attached hydrogens (tertiary/aromatic N) is 2. The van der Waals surface area contributed by atoms with Crippen molar-refractivity contribution in [2.45, 2.75) is 26.2 Å². The first-order valence-corrected chi connectivity index (χ1v) is 4.69. The lowest BCUT2D eigenvalue weighted by Crippen LogP contribution is -2.12. The second-order valence-corrected chi connectivity index (χ2v) is 4.83. The Morgan fingerprint density at radius 2 is 2.00 bits per heavy atom. The Kier molecular flexibility index (Phi) is 2.27. The lowest BCUT2D eigenvalue weighted by Gasteiger charge is -2.13. The molecule has 0 aliphatic carbocycles. The van der Waals surface area contributed by atoms with Gasteiger partial charge in [-0.3, -0.25) is 4.68 Å². The van der Waals surface area contributed by atoms with E-state index in [-0.39, 0.29) is 5.41 Å². The van der Waals surface area contributed by atoms with Gasteiger partial charge in [-0.15, -0.1) is 0 Å². The third-order valence-corrected chi connectivity index (χ3v) is 2.60. The molecule has 1 aromatic rings. The molecule has 11 heavy (non-hydrogen) atoms. The first-order chi connectivity index (χ1) is 4.91. The summed E-state index contributed by atoms with van der Waals surface area (Å²) >= 11 is 2.29. The minimum Gasteiger partial charge on any atom is -0.262 e. The van der Waals surface area contributed by atoms with Crippen LogP contribution < -0.4 is 0 Å². The van der Waals surface area contributed by atoms with Crippen LogP contribution in [0.2, 0.25) is 0 Å². The van der Waals surface area contributed by atoms with Gasteiger partial charge in [0.15, 0.2) is 0 Å². The fourth-order valence-corrected chi connectivity index (χ4v) is 1.21. The van der Waals surface area contributed by atoms with Crippen molar-refractivity contribution in [3.8, 4) is 0 Å². The Hall–Kier alpha value is -0.0600. The van der Waals surface area contributed by atoms with Crippen molar-refractivity contribution in [2.75, 3.05) is 0 Å². The maximum absolute atomic E-state index is 4.39. The first kappa shape index (κ1) is 9.03. The van der Waals surface area contributed by atoms with E-state index >= 15 is 0 Å². The van der Waals surface area contributed by atoms with E-state index in [2.05, 4.69) is 54.5 Å². The van der Waals surface area contributed by atoms with Gasteiger partial charge >= 0.3 is 0 Å². The molecule has 2 nitrogen and oxygen atoms in total. The smallest absolute Gasteiger partial charge is 0.0989 e. The molecule has 62 valence electrons. The number of hydrogen-bond acceptors (Lipinski definition) is 1. The van der Waals surface area contributed by atoms with Crippen LogP contribution in [0.15, 0.2) is 6.07 Å². The molecule has 0 bridgehead atoms. The zero-order valence-electron chi connectivity index (χ0n) is 7.35. The minimum absolute atomic E-state index is 0.168. The molecule has 0 spiro atoms. The number of aryl methyl sites for hydroxylation is 1.